The molecule has 0 aliphatic rings. The Morgan fingerprint density at radius 2 is 1.84 bits per heavy atom. The molecule has 1 N–H and O–H groups in total. The molecule has 0 spiro atoms. The van der Waals surface area contributed by atoms with E-state index in [1.807, 2.05) is 36.5 Å². The van der Waals surface area contributed by atoms with Gasteiger partial charge in [0.05, 0.1) is 22.7 Å². The first-order chi connectivity index (χ1) is 9.22. The summed E-state index contributed by atoms with van der Waals surface area (Å²) in [4.78, 5) is 3.18. The van der Waals surface area contributed by atoms with Gasteiger partial charge in [-0.2, -0.15) is 0 Å². The van der Waals surface area contributed by atoms with Crippen LogP contribution in [0.25, 0.3) is 22.0 Å². The maximum absolute atomic E-state index is 6.30. The molecule has 1 heterocycles. The molecule has 96 valence electrons. The summed E-state index contributed by atoms with van der Waals surface area (Å²) in [5.41, 5.74) is 2.90. The van der Waals surface area contributed by atoms with Crippen LogP contribution in [0.5, 0.6) is 5.75 Å². The van der Waals surface area contributed by atoms with Crippen molar-refractivity contribution in [2.75, 3.05) is 7.11 Å². The van der Waals surface area contributed by atoms with E-state index in [1.54, 1.807) is 13.2 Å². The third-order valence-corrected chi connectivity index (χ3v) is 3.97. The Morgan fingerprint density at radius 1 is 1.00 bits per heavy atom. The van der Waals surface area contributed by atoms with Crippen molar-refractivity contribution in [1.82, 2.24) is 4.98 Å². The van der Waals surface area contributed by atoms with Gasteiger partial charge < -0.3 is 9.72 Å². The van der Waals surface area contributed by atoms with E-state index in [4.69, 9.17) is 27.9 Å². The van der Waals surface area contributed by atoms with Crippen LogP contribution in [0.1, 0.15) is 0 Å². The van der Waals surface area contributed by atoms with E-state index >= 15 is 0 Å². The summed E-state index contributed by atoms with van der Waals surface area (Å²) in [6.07, 6.45) is 1.88. The molecule has 0 amide bonds. The molecule has 0 saturated heterocycles. The largest absolute Gasteiger partial charge is 0.495 e. The molecular weight excluding hydrogens is 281 g/mol. The lowest BCUT2D eigenvalue weighted by Crippen LogP contribution is -1.87. The minimum absolute atomic E-state index is 0.554. The summed E-state index contributed by atoms with van der Waals surface area (Å²) in [5, 5.41) is 2.18. The van der Waals surface area contributed by atoms with Crippen LogP contribution < -0.4 is 4.74 Å². The number of methoxy groups -OCH3 is 1. The number of rotatable bonds is 2. The molecule has 3 aromatic rings. The molecule has 3 rings (SSSR count). The summed E-state index contributed by atoms with van der Waals surface area (Å²) in [6.45, 7) is 0. The summed E-state index contributed by atoms with van der Waals surface area (Å²) in [5.74, 6) is 0.807. The minimum atomic E-state index is 0.554. The molecule has 0 bridgehead atoms. The molecule has 19 heavy (non-hydrogen) atoms. The first-order valence-corrected chi connectivity index (χ1v) is 6.56. The van der Waals surface area contributed by atoms with Gasteiger partial charge in [0.15, 0.2) is 0 Å². The van der Waals surface area contributed by atoms with Crippen LogP contribution in [0.15, 0.2) is 42.6 Å². The second-order valence-electron chi connectivity index (χ2n) is 4.18. The number of ether oxygens (including phenoxy) is 1. The SMILES string of the molecule is COc1ccc(-c2cccc(Cl)c2Cl)c2cc[nH]c12. The first-order valence-electron chi connectivity index (χ1n) is 5.81. The maximum Gasteiger partial charge on any atom is 0.142 e. The number of aromatic amines is 1. The smallest absolute Gasteiger partial charge is 0.142 e. The Kier molecular flexibility index (Phi) is 3.13. The van der Waals surface area contributed by atoms with Gasteiger partial charge in [-0.1, -0.05) is 35.3 Å². The zero-order chi connectivity index (χ0) is 13.4. The molecule has 0 atom stereocenters. The molecule has 0 unspecified atom stereocenters. The fourth-order valence-corrected chi connectivity index (χ4v) is 2.65. The van der Waals surface area contributed by atoms with Crippen molar-refractivity contribution >= 4 is 34.1 Å². The summed E-state index contributed by atoms with van der Waals surface area (Å²) in [6, 6.07) is 11.6. The number of benzene rings is 2. The van der Waals surface area contributed by atoms with Crippen LogP contribution in [0.2, 0.25) is 10.0 Å². The van der Waals surface area contributed by atoms with Gasteiger partial charge in [0.25, 0.3) is 0 Å². The maximum atomic E-state index is 6.30. The predicted octanol–water partition coefficient (Wildman–Crippen LogP) is 5.15. The van der Waals surface area contributed by atoms with Crippen LogP contribution in [0, 0.1) is 0 Å². The predicted molar refractivity (Wildman–Crippen MR) is 80.3 cm³/mol. The van der Waals surface area contributed by atoms with Crippen LogP contribution in [0.3, 0.4) is 0 Å². The second-order valence-corrected chi connectivity index (χ2v) is 4.97. The molecule has 2 aromatic carbocycles. The highest BCUT2D eigenvalue weighted by Gasteiger charge is 2.12. The lowest BCUT2D eigenvalue weighted by atomic mass is 10.0. The Hall–Kier alpha value is -1.64. The number of nitrogens with one attached hydrogen (secondary N) is 1. The van der Waals surface area contributed by atoms with E-state index in [-0.39, 0.29) is 0 Å². The van der Waals surface area contributed by atoms with Crippen LogP contribution in [-0.4, -0.2) is 12.1 Å². The number of hydrogen-bond donors (Lipinski definition) is 1. The molecule has 0 aliphatic heterocycles. The molecule has 0 aliphatic carbocycles. The van der Waals surface area contributed by atoms with E-state index in [0.29, 0.717) is 10.0 Å². The van der Waals surface area contributed by atoms with Crippen molar-refractivity contribution in [2.45, 2.75) is 0 Å². The number of fused-ring (bicyclic) bond motifs is 1. The third kappa shape index (κ3) is 1.97. The lowest BCUT2D eigenvalue weighted by Gasteiger charge is -2.09. The normalized spacial score (nSPS) is 10.9. The van der Waals surface area contributed by atoms with Crippen LogP contribution in [-0.2, 0) is 0 Å². The van der Waals surface area contributed by atoms with Crippen molar-refractivity contribution in [1.29, 1.82) is 0 Å². The van der Waals surface area contributed by atoms with E-state index in [1.165, 1.54) is 0 Å². The van der Waals surface area contributed by atoms with Gasteiger partial charge in [0.2, 0.25) is 0 Å². The summed E-state index contributed by atoms with van der Waals surface area (Å²) >= 11 is 12.4. The minimum Gasteiger partial charge on any atom is -0.495 e. The van der Waals surface area contributed by atoms with Crippen molar-refractivity contribution < 1.29 is 4.74 Å². The van der Waals surface area contributed by atoms with Gasteiger partial charge in [-0.15, -0.1) is 0 Å². The highest BCUT2D eigenvalue weighted by Crippen LogP contribution is 2.39. The van der Waals surface area contributed by atoms with Crippen molar-refractivity contribution in [2.24, 2.45) is 0 Å². The number of halogens is 2. The van der Waals surface area contributed by atoms with Gasteiger partial charge in [0, 0.05) is 17.1 Å². The average molecular weight is 292 g/mol. The van der Waals surface area contributed by atoms with Crippen molar-refractivity contribution in [3.05, 3.63) is 52.6 Å². The van der Waals surface area contributed by atoms with Gasteiger partial charge in [-0.05, 0) is 29.8 Å². The Labute approximate surface area is 120 Å². The fourth-order valence-electron chi connectivity index (χ4n) is 2.25. The topological polar surface area (TPSA) is 25.0 Å². The monoisotopic (exact) mass is 291 g/mol. The molecule has 0 saturated carbocycles. The second kappa shape index (κ2) is 4.80. The summed E-state index contributed by atoms with van der Waals surface area (Å²) < 4.78 is 5.34. The lowest BCUT2D eigenvalue weighted by molar-refractivity contribution is 0.419. The fraction of sp³-hybridized carbons (Fsp3) is 0.0667. The Morgan fingerprint density at radius 3 is 2.63 bits per heavy atom. The van der Waals surface area contributed by atoms with Gasteiger partial charge in [0.1, 0.15) is 5.75 Å². The number of aromatic nitrogens is 1. The molecule has 2 nitrogen and oxygen atoms in total. The molecule has 4 heteroatoms. The van der Waals surface area contributed by atoms with Crippen molar-refractivity contribution in [3.8, 4) is 16.9 Å². The van der Waals surface area contributed by atoms with E-state index < -0.39 is 0 Å². The molecule has 1 aromatic heterocycles. The van der Waals surface area contributed by atoms with Crippen molar-refractivity contribution in [3.63, 3.8) is 0 Å². The first kappa shape index (κ1) is 12.4. The van der Waals surface area contributed by atoms with Crippen LogP contribution >= 0.6 is 23.2 Å². The summed E-state index contributed by atoms with van der Waals surface area (Å²) in [7, 11) is 1.65. The zero-order valence-corrected chi connectivity index (χ0v) is 11.7. The third-order valence-electron chi connectivity index (χ3n) is 3.15. The number of H-pyrrole nitrogens is 1. The quantitative estimate of drug-likeness (QED) is 0.694. The van der Waals surface area contributed by atoms with E-state index in [2.05, 4.69) is 4.98 Å². The van der Waals surface area contributed by atoms with E-state index in [9.17, 15) is 0 Å². The van der Waals surface area contributed by atoms with Crippen LogP contribution in [0.4, 0.5) is 0 Å². The average Bonchev–Trinajstić information content (AvgIpc) is 2.90. The van der Waals surface area contributed by atoms with E-state index in [0.717, 1.165) is 27.8 Å². The molecular formula is C15H11Cl2NO. The molecule has 0 fully saturated rings. The Bertz CT molecular complexity index is 749. The Balaban J connectivity index is 2.32. The molecule has 0 radical (unpaired) electrons. The highest BCUT2D eigenvalue weighted by atomic mass is 35.5. The highest BCUT2D eigenvalue weighted by molar-refractivity contribution is 6.44. The standard InChI is InChI=1S/C15H11Cl2NO/c1-19-13-6-5-9(11-7-8-18-15(11)13)10-3-2-4-12(16)14(10)17/h2-8,18H,1H3. The number of hydrogen-bond acceptors (Lipinski definition) is 1. The van der Waals surface area contributed by atoms with Gasteiger partial charge >= 0.3 is 0 Å². The zero-order valence-electron chi connectivity index (χ0n) is 10.2. The van der Waals surface area contributed by atoms with Gasteiger partial charge in [-0.25, -0.2) is 0 Å². The van der Waals surface area contributed by atoms with Gasteiger partial charge in [-0.3, -0.25) is 0 Å².